The van der Waals surface area contributed by atoms with Crippen molar-refractivity contribution in [3.63, 3.8) is 0 Å². The first-order valence-corrected chi connectivity index (χ1v) is 4.32. The fraction of sp³-hybridized carbons (Fsp3) is 0.400. The minimum absolute atomic E-state index is 0.0868. The van der Waals surface area contributed by atoms with Gasteiger partial charge in [0.05, 0.1) is 0 Å². The SMILES string of the molecule is CCC(=O)c1cccc(N(C)C)n1. The maximum Gasteiger partial charge on any atom is 0.180 e. The summed E-state index contributed by atoms with van der Waals surface area (Å²) in [5, 5.41) is 0. The van der Waals surface area contributed by atoms with Crippen molar-refractivity contribution in [1.82, 2.24) is 4.98 Å². The van der Waals surface area contributed by atoms with Gasteiger partial charge in [-0.3, -0.25) is 4.79 Å². The van der Waals surface area contributed by atoms with Crippen LogP contribution < -0.4 is 4.90 Å². The first-order valence-electron chi connectivity index (χ1n) is 4.32. The summed E-state index contributed by atoms with van der Waals surface area (Å²) in [5.41, 5.74) is 0.550. The van der Waals surface area contributed by atoms with Crippen molar-refractivity contribution in [2.75, 3.05) is 19.0 Å². The molecule has 1 aromatic rings. The van der Waals surface area contributed by atoms with E-state index in [0.717, 1.165) is 5.82 Å². The zero-order valence-electron chi connectivity index (χ0n) is 8.24. The molecule has 0 radical (unpaired) electrons. The summed E-state index contributed by atoms with van der Waals surface area (Å²) < 4.78 is 0. The van der Waals surface area contributed by atoms with E-state index >= 15 is 0 Å². The van der Waals surface area contributed by atoms with Crippen LogP contribution in [0.15, 0.2) is 18.2 Å². The van der Waals surface area contributed by atoms with E-state index in [1.807, 2.05) is 38.1 Å². The largest absolute Gasteiger partial charge is 0.363 e. The molecule has 3 heteroatoms. The number of nitrogens with zero attached hydrogens (tertiary/aromatic N) is 2. The molecule has 0 saturated heterocycles. The number of ketones is 1. The van der Waals surface area contributed by atoms with Gasteiger partial charge in [0, 0.05) is 20.5 Å². The Morgan fingerprint density at radius 1 is 1.46 bits per heavy atom. The first-order chi connectivity index (χ1) is 6.15. The van der Waals surface area contributed by atoms with Gasteiger partial charge in [0.25, 0.3) is 0 Å². The monoisotopic (exact) mass is 178 g/mol. The summed E-state index contributed by atoms with van der Waals surface area (Å²) in [6.45, 7) is 1.84. The molecule has 0 atom stereocenters. The normalized spacial score (nSPS) is 9.77. The van der Waals surface area contributed by atoms with Crippen LogP contribution in [0.25, 0.3) is 0 Å². The van der Waals surface area contributed by atoms with Gasteiger partial charge in [-0.05, 0) is 12.1 Å². The molecule has 0 fully saturated rings. The Balaban J connectivity index is 2.98. The summed E-state index contributed by atoms with van der Waals surface area (Å²) in [7, 11) is 3.81. The van der Waals surface area contributed by atoms with E-state index in [-0.39, 0.29) is 5.78 Å². The van der Waals surface area contributed by atoms with Gasteiger partial charge in [-0.25, -0.2) is 4.98 Å². The highest BCUT2D eigenvalue weighted by molar-refractivity contribution is 5.94. The molecule has 0 saturated carbocycles. The Labute approximate surface area is 78.4 Å². The maximum atomic E-state index is 11.3. The molecule has 0 N–H and O–H groups in total. The topological polar surface area (TPSA) is 33.2 Å². The van der Waals surface area contributed by atoms with Crippen molar-refractivity contribution in [3.8, 4) is 0 Å². The van der Waals surface area contributed by atoms with Gasteiger partial charge in [-0.1, -0.05) is 13.0 Å². The van der Waals surface area contributed by atoms with Crippen LogP contribution in [0.4, 0.5) is 5.82 Å². The zero-order chi connectivity index (χ0) is 9.84. The molecule has 1 rings (SSSR count). The molecule has 0 aliphatic carbocycles. The van der Waals surface area contributed by atoms with E-state index in [0.29, 0.717) is 12.1 Å². The van der Waals surface area contributed by atoms with Gasteiger partial charge in [-0.15, -0.1) is 0 Å². The van der Waals surface area contributed by atoms with E-state index < -0.39 is 0 Å². The quantitative estimate of drug-likeness (QED) is 0.661. The molecule has 0 aliphatic heterocycles. The third-order valence-corrected chi connectivity index (χ3v) is 1.80. The van der Waals surface area contributed by atoms with Crippen molar-refractivity contribution >= 4 is 11.6 Å². The lowest BCUT2D eigenvalue weighted by molar-refractivity contribution is 0.0983. The van der Waals surface area contributed by atoms with Crippen molar-refractivity contribution in [2.45, 2.75) is 13.3 Å². The number of rotatable bonds is 3. The number of pyridine rings is 1. The van der Waals surface area contributed by atoms with Crippen LogP contribution >= 0.6 is 0 Å². The number of aromatic nitrogens is 1. The minimum Gasteiger partial charge on any atom is -0.363 e. The molecule has 1 heterocycles. The smallest absolute Gasteiger partial charge is 0.180 e. The Kier molecular flexibility index (Phi) is 3.01. The highest BCUT2D eigenvalue weighted by Crippen LogP contribution is 2.08. The Morgan fingerprint density at radius 3 is 2.69 bits per heavy atom. The van der Waals surface area contributed by atoms with Crippen LogP contribution in [0.1, 0.15) is 23.8 Å². The summed E-state index contributed by atoms with van der Waals surface area (Å²) in [4.78, 5) is 17.4. The molecule has 0 bridgehead atoms. The van der Waals surface area contributed by atoms with E-state index in [4.69, 9.17) is 0 Å². The molecule has 3 nitrogen and oxygen atoms in total. The van der Waals surface area contributed by atoms with Crippen molar-refractivity contribution in [3.05, 3.63) is 23.9 Å². The second kappa shape index (κ2) is 4.03. The van der Waals surface area contributed by atoms with Gasteiger partial charge in [0.15, 0.2) is 5.78 Å². The predicted molar refractivity (Wildman–Crippen MR) is 53.2 cm³/mol. The second-order valence-electron chi connectivity index (χ2n) is 3.05. The number of hydrogen-bond acceptors (Lipinski definition) is 3. The van der Waals surface area contributed by atoms with Crippen LogP contribution in [-0.2, 0) is 0 Å². The number of carbonyl (C=O) groups is 1. The fourth-order valence-corrected chi connectivity index (χ4v) is 1.01. The van der Waals surface area contributed by atoms with E-state index in [1.54, 1.807) is 6.07 Å². The predicted octanol–water partition coefficient (Wildman–Crippen LogP) is 1.74. The van der Waals surface area contributed by atoms with E-state index in [9.17, 15) is 4.79 Å². The number of Topliss-reactive ketones (excluding diaryl/α,β-unsaturated/α-hetero) is 1. The molecular formula is C10H14N2O. The van der Waals surface area contributed by atoms with Gasteiger partial charge < -0.3 is 4.90 Å². The number of hydrogen-bond donors (Lipinski definition) is 0. The lowest BCUT2D eigenvalue weighted by atomic mass is 10.2. The number of carbonyl (C=O) groups excluding carboxylic acids is 1. The average molecular weight is 178 g/mol. The summed E-state index contributed by atoms with van der Waals surface area (Å²) >= 11 is 0. The van der Waals surface area contributed by atoms with Gasteiger partial charge >= 0.3 is 0 Å². The van der Waals surface area contributed by atoms with Gasteiger partial charge in [0.1, 0.15) is 11.5 Å². The van der Waals surface area contributed by atoms with Gasteiger partial charge in [0.2, 0.25) is 0 Å². The van der Waals surface area contributed by atoms with Crippen molar-refractivity contribution in [1.29, 1.82) is 0 Å². The molecule has 0 spiro atoms. The second-order valence-corrected chi connectivity index (χ2v) is 3.05. The van der Waals surface area contributed by atoms with Crippen LogP contribution in [-0.4, -0.2) is 24.9 Å². The molecule has 0 unspecified atom stereocenters. The highest BCUT2D eigenvalue weighted by atomic mass is 16.1. The van der Waals surface area contributed by atoms with Crippen molar-refractivity contribution in [2.24, 2.45) is 0 Å². The zero-order valence-corrected chi connectivity index (χ0v) is 8.24. The molecule has 0 aliphatic rings. The van der Waals surface area contributed by atoms with Crippen molar-refractivity contribution < 1.29 is 4.79 Å². The standard InChI is InChI=1S/C10H14N2O/c1-4-9(13)8-6-5-7-10(11-8)12(2)3/h5-7H,4H2,1-3H3. The fourth-order valence-electron chi connectivity index (χ4n) is 1.01. The third-order valence-electron chi connectivity index (χ3n) is 1.80. The van der Waals surface area contributed by atoms with Crippen LogP contribution in [0, 0.1) is 0 Å². The molecule has 70 valence electrons. The highest BCUT2D eigenvalue weighted by Gasteiger charge is 2.05. The Morgan fingerprint density at radius 2 is 2.15 bits per heavy atom. The average Bonchev–Trinajstić information content (AvgIpc) is 2.17. The number of anilines is 1. The summed E-state index contributed by atoms with van der Waals surface area (Å²) in [6.07, 6.45) is 0.504. The summed E-state index contributed by atoms with van der Waals surface area (Å²) in [5.74, 6) is 0.906. The minimum atomic E-state index is 0.0868. The molecule has 0 amide bonds. The molecule has 1 aromatic heterocycles. The molecule has 0 aromatic carbocycles. The third kappa shape index (κ3) is 2.28. The van der Waals surface area contributed by atoms with Crippen LogP contribution in [0.3, 0.4) is 0 Å². The summed E-state index contributed by atoms with van der Waals surface area (Å²) in [6, 6.07) is 5.48. The Bertz CT molecular complexity index is 308. The van der Waals surface area contributed by atoms with Crippen LogP contribution in [0.5, 0.6) is 0 Å². The van der Waals surface area contributed by atoms with E-state index in [1.165, 1.54) is 0 Å². The van der Waals surface area contributed by atoms with Crippen LogP contribution in [0.2, 0.25) is 0 Å². The van der Waals surface area contributed by atoms with Gasteiger partial charge in [-0.2, -0.15) is 0 Å². The maximum absolute atomic E-state index is 11.3. The lowest BCUT2D eigenvalue weighted by Crippen LogP contribution is -2.12. The van der Waals surface area contributed by atoms with E-state index in [2.05, 4.69) is 4.98 Å². The Hall–Kier alpha value is -1.38. The molecular weight excluding hydrogens is 164 g/mol. The lowest BCUT2D eigenvalue weighted by Gasteiger charge is -2.11. The molecule has 13 heavy (non-hydrogen) atoms. The first kappa shape index (κ1) is 9.71.